The van der Waals surface area contributed by atoms with Gasteiger partial charge in [-0.1, -0.05) is 0 Å². The second kappa shape index (κ2) is 3.54. The smallest absolute Gasteiger partial charge is 0.0911 e. The van der Waals surface area contributed by atoms with E-state index in [1.807, 2.05) is 0 Å². The second-order valence-corrected chi connectivity index (χ2v) is 5.16. The molecule has 2 fully saturated rings. The monoisotopic (exact) mass is 195 g/mol. The number of nitrogens with one attached hydrogen (secondary N) is 1. The Labute approximate surface area is 86.2 Å². The predicted molar refractivity (Wildman–Crippen MR) is 58.5 cm³/mol. The summed E-state index contributed by atoms with van der Waals surface area (Å²) in [6.07, 6.45) is 6.05. The van der Waals surface area contributed by atoms with Crippen molar-refractivity contribution in [2.75, 3.05) is 13.1 Å². The van der Waals surface area contributed by atoms with Crippen LogP contribution in [0.3, 0.4) is 0 Å². The van der Waals surface area contributed by atoms with Crippen LogP contribution in [0.2, 0.25) is 0 Å². The van der Waals surface area contributed by atoms with E-state index in [0.717, 1.165) is 12.5 Å². The van der Waals surface area contributed by atoms with Gasteiger partial charge in [-0.15, -0.1) is 0 Å². The Hall–Kier alpha value is -0.570. The molecule has 0 aromatic heterocycles. The first-order valence-electron chi connectivity index (χ1n) is 5.68. The third-order valence-corrected chi connectivity index (χ3v) is 3.75. The Bertz CT molecular complexity index is 233. The maximum absolute atomic E-state index is 7.37. The molecule has 14 heavy (non-hydrogen) atoms. The number of rotatable bonds is 4. The standard InChI is InChI=1S/C11H21N3/c1-9-3-2-6-14(9)8-11(4-5-11)7-10(12)13/h9H,2-8H2,1H3,(H3,12,13). The van der Waals surface area contributed by atoms with E-state index in [-0.39, 0.29) is 0 Å². The van der Waals surface area contributed by atoms with Gasteiger partial charge in [0.25, 0.3) is 0 Å². The highest BCUT2D eigenvalue weighted by atomic mass is 15.2. The quantitative estimate of drug-likeness (QED) is 0.528. The molecule has 1 unspecified atom stereocenters. The van der Waals surface area contributed by atoms with Crippen molar-refractivity contribution in [1.82, 2.24) is 4.90 Å². The van der Waals surface area contributed by atoms with Crippen molar-refractivity contribution in [2.45, 2.75) is 45.1 Å². The van der Waals surface area contributed by atoms with Gasteiger partial charge in [0, 0.05) is 19.0 Å². The summed E-state index contributed by atoms with van der Waals surface area (Å²) >= 11 is 0. The summed E-state index contributed by atoms with van der Waals surface area (Å²) in [7, 11) is 0. The van der Waals surface area contributed by atoms with Crippen molar-refractivity contribution < 1.29 is 0 Å². The molecule has 1 aliphatic heterocycles. The molecule has 1 aliphatic carbocycles. The maximum Gasteiger partial charge on any atom is 0.0911 e. The van der Waals surface area contributed by atoms with Gasteiger partial charge >= 0.3 is 0 Å². The van der Waals surface area contributed by atoms with Crippen molar-refractivity contribution >= 4 is 5.84 Å². The molecule has 0 amide bonds. The van der Waals surface area contributed by atoms with Crippen LogP contribution < -0.4 is 5.73 Å². The Kier molecular flexibility index (Phi) is 2.52. The Morgan fingerprint density at radius 2 is 2.29 bits per heavy atom. The molecule has 3 heteroatoms. The average molecular weight is 195 g/mol. The molecule has 2 rings (SSSR count). The van der Waals surface area contributed by atoms with E-state index in [2.05, 4.69) is 11.8 Å². The van der Waals surface area contributed by atoms with Crippen molar-refractivity contribution in [3.05, 3.63) is 0 Å². The molecular formula is C11H21N3. The average Bonchev–Trinajstić information content (AvgIpc) is 2.70. The lowest BCUT2D eigenvalue weighted by Crippen LogP contribution is -2.34. The van der Waals surface area contributed by atoms with Crippen LogP contribution in [0.5, 0.6) is 0 Å². The molecule has 0 bridgehead atoms. The third-order valence-electron chi connectivity index (χ3n) is 3.75. The number of amidine groups is 1. The molecule has 0 radical (unpaired) electrons. The maximum atomic E-state index is 7.37. The van der Waals surface area contributed by atoms with E-state index in [4.69, 9.17) is 11.1 Å². The van der Waals surface area contributed by atoms with Gasteiger partial charge in [0.05, 0.1) is 5.84 Å². The fourth-order valence-corrected chi connectivity index (χ4v) is 2.63. The summed E-state index contributed by atoms with van der Waals surface area (Å²) in [6.45, 7) is 4.74. The van der Waals surface area contributed by atoms with E-state index in [9.17, 15) is 0 Å². The highest BCUT2D eigenvalue weighted by Gasteiger charge is 2.45. The minimum atomic E-state index is 0.370. The molecule has 1 saturated carbocycles. The number of nitrogens with two attached hydrogens (primary N) is 1. The summed E-state index contributed by atoms with van der Waals surface area (Å²) in [4.78, 5) is 2.58. The van der Waals surface area contributed by atoms with Gasteiger partial charge < -0.3 is 10.6 Å². The summed E-state index contributed by atoms with van der Waals surface area (Å²) < 4.78 is 0. The lowest BCUT2D eigenvalue weighted by atomic mass is 10.0. The first-order chi connectivity index (χ1) is 6.61. The minimum absolute atomic E-state index is 0.370. The number of hydrogen-bond acceptors (Lipinski definition) is 2. The van der Waals surface area contributed by atoms with Gasteiger partial charge in [0.1, 0.15) is 0 Å². The molecule has 1 saturated heterocycles. The molecule has 1 atom stereocenters. The van der Waals surface area contributed by atoms with E-state index >= 15 is 0 Å². The minimum Gasteiger partial charge on any atom is -0.388 e. The zero-order valence-electron chi connectivity index (χ0n) is 9.05. The van der Waals surface area contributed by atoms with E-state index in [1.165, 1.54) is 38.8 Å². The lowest BCUT2D eigenvalue weighted by molar-refractivity contribution is 0.216. The van der Waals surface area contributed by atoms with Crippen molar-refractivity contribution in [3.8, 4) is 0 Å². The fraction of sp³-hybridized carbons (Fsp3) is 0.909. The Morgan fingerprint density at radius 1 is 1.57 bits per heavy atom. The number of likely N-dealkylation sites (tertiary alicyclic amines) is 1. The molecule has 2 aliphatic rings. The first-order valence-corrected chi connectivity index (χ1v) is 5.68. The topological polar surface area (TPSA) is 53.1 Å². The fourth-order valence-electron chi connectivity index (χ4n) is 2.63. The zero-order chi connectivity index (χ0) is 10.2. The molecule has 0 aromatic carbocycles. The van der Waals surface area contributed by atoms with Gasteiger partial charge in [-0.05, 0) is 44.6 Å². The highest BCUT2D eigenvalue weighted by molar-refractivity contribution is 5.78. The Morgan fingerprint density at radius 3 is 2.71 bits per heavy atom. The van der Waals surface area contributed by atoms with Crippen LogP contribution in [-0.4, -0.2) is 29.9 Å². The van der Waals surface area contributed by atoms with E-state index in [0.29, 0.717) is 11.3 Å². The number of hydrogen-bond donors (Lipinski definition) is 2. The van der Waals surface area contributed by atoms with Crippen molar-refractivity contribution in [1.29, 1.82) is 5.41 Å². The SMILES string of the molecule is CC1CCCN1CC1(CC(=N)N)CC1. The van der Waals surface area contributed by atoms with Crippen LogP contribution in [0.4, 0.5) is 0 Å². The van der Waals surface area contributed by atoms with Gasteiger partial charge in [0.15, 0.2) is 0 Å². The van der Waals surface area contributed by atoms with Gasteiger partial charge in [-0.2, -0.15) is 0 Å². The molecule has 3 N–H and O–H groups in total. The molecule has 0 aromatic rings. The molecule has 80 valence electrons. The first kappa shape index (κ1) is 9.97. The van der Waals surface area contributed by atoms with Gasteiger partial charge in [0.2, 0.25) is 0 Å². The van der Waals surface area contributed by atoms with Crippen LogP contribution >= 0.6 is 0 Å². The summed E-state index contributed by atoms with van der Waals surface area (Å²) in [5.41, 5.74) is 5.89. The zero-order valence-corrected chi connectivity index (χ0v) is 9.05. The van der Waals surface area contributed by atoms with Crippen LogP contribution in [0.15, 0.2) is 0 Å². The van der Waals surface area contributed by atoms with Gasteiger partial charge in [-0.25, -0.2) is 0 Å². The highest BCUT2D eigenvalue weighted by Crippen LogP contribution is 2.49. The van der Waals surface area contributed by atoms with Crippen LogP contribution in [0.1, 0.15) is 39.0 Å². The largest absolute Gasteiger partial charge is 0.388 e. The van der Waals surface area contributed by atoms with Gasteiger partial charge in [-0.3, -0.25) is 5.41 Å². The normalized spacial score (nSPS) is 30.5. The van der Waals surface area contributed by atoms with Crippen LogP contribution in [0, 0.1) is 10.8 Å². The van der Waals surface area contributed by atoms with Crippen LogP contribution in [0.25, 0.3) is 0 Å². The van der Waals surface area contributed by atoms with E-state index < -0.39 is 0 Å². The van der Waals surface area contributed by atoms with Crippen LogP contribution in [-0.2, 0) is 0 Å². The van der Waals surface area contributed by atoms with Crippen molar-refractivity contribution in [2.24, 2.45) is 11.1 Å². The Balaban J connectivity index is 1.87. The molecular weight excluding hydrogens is 174 g/mol. The van der Waals surface area contributed by atoms with E-state index in [1.54, 1.807) is 0 Å². The molecule has 1 heterocycles. The van der Waals surface area contributed by atoms with Crippen molar-refractivity contribution in [3.63, 3.8) is 0 Å². The molecule has 0 spiro atoms. The summed E-state index contributed by atoms with van der Waals surface area (Å²) in [6, 6.07) is 0.749. The summed E-state index contributed by atoms with van der Waals surface area (Å²) in [5.74, 6) is 0.370. The summed E-state index contributed by atoms with van der Waals surface area (Å²) in [5, 5.41) is 7.37. The number of nitrogens with zero attached hydrogens (tertiary/aromatic N) is 1. The lowest BCUT2D eigenvalue weighted by Gasteiger charge is -2.26. The third kappa shape index (κ3) is 2.08. The molecule has 3 nitrogen and oxygen atoms in total. The second-order valence-electron chi connectivity index (χ2n) is 5.16. The predicted octanol–water partition coefficient (Wildman–Crippen LogP) is 1.58.